The zero-order valence-electron chi connectivity index (χ0n) is 12.5. The van der Waals surface area contributed by atoms with E-state index in [0.717, 1.165) is 19.5 Å². The molecule has 0 saturated carbocycles. The third-order valence-corrected chi connectivity index (χ3v) is 6.25. The summed E-state index contributed by atoms with van der Waals surface area (Å²) in [7, 11) is 0. The molecular weight excluding hydrogens is 236 g/mol. The van der Waals surface area contributed by atoms with Crippen molar-refractivity contribution in [2.75, 3.05) is 13.1 Å². The van der Waals surface area contributed by atoms with E-state index in [0.29, 0.717) is 23.4 Å². The number of hydrogen-bond donors (Lipinski definition) is 1. The van der Waals surface area contributed by atoms with E-state index in [2.05, 4.69) is 24.1 Å². The first-order valence-corrected chi connectivity index (χ1v) is 8.22. The molecule has 1 N–H and O–H groups in total. The number of rotatable bonds is 3. The Morgan fingerprint density at radius 2 is 1.89 bits per heavy atom. The standard InChI is InChI=1S/C16H28N2O/c1-3-16(4-2)7-9-18(10-8-16)15(19)13-11-12-5-6-14(13)17-12/h12-14,17H,3-11H2,1-2H3. The van der Waals surface area contributed by atoms with Gasteiger partial charge < -0.3 is 10.2 Å². The number of nitrogens with zero attached hydrogens (tertiary/aromatic N) is 1. The quantitative estimate of drug-likeness (QED) is 0.849. The largest absolute Gasteiger partial charge is 0.342 e. The Labute approximate surface area is 117 Å². The van der Waals surface area contributed by atoms with Crippen LogP contribution in [0.2, 0.25) is 0 Å². The number of piperidine rings is 1. The molecule has 0 radical (unpaired) electrons. The summed E-state index contributed by atoms with van der Waals surface area (Å²) < 4.78 is 0. The maximum absolute atomic E-state index is 12.7. The Balaban J connectivity index is 1.58. The third-order valence-electron chi connectivity index (χ3n) is 6.25. The summed E-state index contributed by atoms with van der Waals surface area (Å²) in [5, 5.41) is 3.59. The minimum absolute atomic E-state index is 0.287. The van der Waals surface area contributed by atoms with Crippen LogP contribution in [0.25, 0.3) is 0 Å². The highest BCUT2D eigenvalue weighted by Crippen LogP contribution is 2.40. The monoisotopic (exact) mass is 264 g/mol. The normalized spacial score (nSPS) is 36.7. The molecule has 0 aromatic rings. The van der Waals surface area contributed by atoms with Gasteiger partial charge in [0.05, 0.1) is 5.92 Å². The highest BCUT2D eigenvalue weighted by molar-refractivity contribution is 5.80. The summed E-state index contributed by atoms with van der Waals surface area (Å²) in [6.45, 7) is 6.60. The molecule has 0 aromatic carbocycles. The van der Waals surface area contributed by atoms with Gasteiger partial charge in [-0.25, -0.2) is 0 Å². The highest BCUT2D eigenvalue weighted by Gasteiger charge is 2.45. The second-order valence-corrected chi connectivity index (χ2v) is 6.92. The minimum Gasteiger partial charge on any atom is -0.342 e. The Kier molecular flexibility index (Phi) is 3.59. The SMILES string of the molecule is CCC1(CC)CCN(C(=O)C2CC3CCC2N3)CC1. The average molecular weight is 264 g/mol. The van der Waals surface area contributed by atoms with Crippen LogP contribution in [0.4, 0.5) is 0 Å². The number of carbonyl (C=O) groups is 1. The first-order chi connectivity index (χ1) is 9.17. The van der Waals surface area contributed by atoms with E-state index in [1.807, 2.05) is 0 Å². The molecule has 3 saturated heterocycles. The van der Waals surface area contributed by atoms with Gasteiger partial charge in [0, 0.05) is 25.2 Å². The van der Waals surface area contributed by atoms with Crippen molar-refractivity contribution in [2.45, 2.75) is 70.9 Å². The molecule has 3 aliphatic rings. The summed E-state index contributed by atoms with van der Waals surface area (Å²) in [4.78, 5) is 14.8. The third kappa shape index (κ3) is 2.31. The van der Waals surface area contributed by atoms with Crippen LogP contribution in [0.5, 0.6) is 0 Å². The van der Waals surface area contributed by atoms with Crippen LogP contribution in [0.1, 0.15) is 58.8 Å². The van der Waals surface area contributed by atoms with E-state index in [-0.39, 0.29) is 5.92 Å². The van der Waals surface area contributed by atoms with Crippen molar-refractivity contribution in [1.82, 2.24) is 10.2 Å². The molecule has 0 aromatic heterocycles. The second-order valence-electron chi connectivity index (χ2n) is 6.92. The second kappa shape index (κ2) is 5.08. The molecule has 3 heterocycles. The van der Waals surface area contributed by atoms with Gasteiger partial charge in [0.1, 0.15) is 0 Å². The van der Waals surface area contributed by atoms with Gasteiger partial charge in [-0.3, -0.25) is 4.79 Å². The van der Waals surface area contributed by atoms with Crippen LogP contribution in [0, 0.1) is 11.3 Å². The predicted molar refractivity (Wildman–Crippen MR) is 76.9 cm³/mol. The van der Waals surface area contributed by atoms with Gasteiger partial charge >= 0.3 is 0 Å². The van der Waals surface area contributed by atoms with Crippen molar-refractivity contribution >= 4 is 5.91 Å². The van der Waals surface area contributed by atoms with E-state index < -0.39 is 0 Å². The van der Waals surface area contributed by atoms with Crippen LogP contribution in [0.3, 0.4) is 0 Å². The maximum Gasteiger partial charge on any atom is 0.227 e. The molecular formula is C16H28N2O. The van der Waals surface area contributed by atoms with Gasteiger partial charge in [-0.05, 0) is 37.5 Å². The van der Waals surface area contributed by atoms with E-state index in [4.69, 9.17) is 0 Å². The Hall–Kier alpha value is -0.570. The lowest BCUT2D eigenvalue weighted by molar-refractivity contribution is -0.138. The van der Waals surface area contributed by atoms with E-state index in [9.17, 15) is 4.79 Å². The molecule has 3 aliphatic heterocycles. The molecule has 3 rings (SSSR count). The highest BCUT2D eigenvalue weighted by atomic mass is 16.2. The predicted octanol–water partition coefficient (Wildman–Crippen LogP) is 2.56. The van der Waals surface area contributed by atoms with Crippen LogP contribution in [-0.2, 0) is 4.79 Å². The molecule has 2 bridgehead atoms. The van der Waals surface area contributed by atoms with Gasteiger partial charge in [0.25, 0.3) is 0 Å². The maximum atomic E-state index is 12.7. The fraction of sp³-hybridized carbons (Fsp3) is 0.938. The first kappa shape index (κ1) is 13.4. The number of amides is 1. The molecule has 3 nitrogen and oxygen atoms in total. The Bertz CT molecular complexity index is 341. The fourth-order valence-electron chi connectivity index (χ4n) is 4.49. The smallest absolute Gasteiger partial charge is 0.227 e. The van der Waals surface area contributed by atoms with Crippen molar-refractivity contribution in [1.29, 1.82) is 0 Å². The molecule has 3 fully saturated rings. The van der Waals surface area contributed by atoms with Gasteiger partial charge in [-0.1, -0.05) is 26.7 Å². The summed E-state index contributed by atoms with van der Waals surface area (Å²) >= 11 is 0. The minimum atomic E-state index is 0.287. The number of likely N-dealkylation sites (tertiary alicyclic amines) is 1. The van der Waals surface area contributed by atoms with Crippen LogP contribution < -0.4 is 5.32 Å². The summed E-state index contributed by atoms with van der Waals surface area (Å²) in [6.07, 6.45) is 8.53. The number of fused-ring (bicyclic) bond motifs is 2. The number of hydrogen-bond acceptors (Lipinski definition) is 2. The summed E-state index contributed by atoms with van der Waals surface area (Å²) in [6, 6.07) is 1.12. The van der Waals surface area contributed by atoms with Gasteiger partial charge in [-0.15, -0.1) is 0 Å². The van der Waals surface area contributed by atoms with Crippen LogP contribution in [-0.4, -0.2) is 36.0 Å². The average Bonchev–Trinajstić information content (AvgIpc) is 3.09. The molecule has 1 amide bonds. The number of carbonyl (C=O) groups excluding carboxylic acids is 1. The summed E-state index contributed by atoms with van der Waals surface area (Å²) in [5.41, 5.74) is 0.518. The molecule has 108 valence electrons. The van der Waals surface area contributed by atoms with E-state index in [1.165, 1.54) is 38.5 Å². The molecule has 3 heteroatoms. The van der Waals surface area contributed by atoms with Crippen LogP contribution >= 0.6 is 0 Å². The Morgan fingerprint density at radius 1 is 1.21 bits per heavy atom. The number of nitrogens with one attached hydrogen (secondary N) is 1. The molecule has 3 unspecified atom stereocenters. The Morgan fingerprint density at radius 3 is 2.37 bits per heavy atom. The first-order valence-electron chi connectivity index (χ1n) is 8.22. The topological polar surface area (TPSA) is 32.3 Å². The van der Waals surface area contributed by atoms with Crippen molar-refractivity contribution in [2.24, 2.45) is 11.3 Å². The van der Waals surface area contributed by atoms with Crippen molar-refractivity contribution in [3.8, 4) is 0 Å². The van der Waals surface area contributed by atoms with Gasteiger partial charge in [0.2, 0.25) is 5.91 Å². The lowest BCUT2D eigenvalue weighted by atomic mass is 9.74. The zero-order valence-corrected chi connectivity index (χ0v) is 12.5. The van der Waals surface area contributed by atoms with Gasteiger partial charge in [-0.2, -0.15) is 0 Å². The lowest BCUT2D eigenvalue weighted by Gasteiger charge is -2.42. The van der Waals surface area contributed by atoms with Crippen molar-refractivity contribution < 1.29 is 4.79 Å². The molecule has 19 heavy (non-hydrogen) atoms. The van der Waals surface area contributed by atoms with E-state index >= 15 is 0 Å². The fourth-order valence-corrected chi connectivity index (χ4v) is 4.49. The van der Waals surface area contributed by atoms with Crippen LogP contribution in [0.15, 0.2) is 0 Å². The molecule has 0 aliphatic carbocycles. The lowest BCUT2D eigenvalue weighted by Crippen LogP contribution is -2.47. The van der Waals surface area contributed by atoms with Crippen molar-refractivity contribution in [3.63, 3.8) is 0 Å². The molecule has 0 spiro atoms. The van der Waals surface area contributed by atoms with E-state index in [1.54, 1.807) is 0 Å². The van der Waals surface area contributed by atoms with Crippen molar-refractivity contribution in [3.05, 3.63) is 0 Å². The van der Waals surface area contributed by atoms with Gasteiger partial charge in [0.15, 0.2) is 0 Å². The summed E-state index contributed by atoms with van der Waals surface area (Å²) in [5.74, 6) is 0.731. The molecule has 3 atom stereocenters. The zero-order chi connectivity index (χ0) is 13.5.